The number of fused-ring (bicyclic) bond motifs is 1. The van der Waals surface area contributed by atoms with Gasteiger partial charge in [-0.3, -0.25) is 0 Å². The number of hydrogen-bond acceptors (Lipinski definition) is 2. The van der Waals surface area contributed by atoms with Crippen molar-refractivity contribution in [2.75, 3.05) is 0 Å². The van der Waals surface area contributed by atoms with E-state index in [1.54, 1.807) is 5.56 Å². The smallest absolute Gasteiger partial charge is 0.0962 e. The normalized spacial score (nSPS) is 18.6. The Kier molecular flexibility index (Phi) is 3.46. The number of aryl methyl sites for hydroxylation is 2. The molecule has 1 unspecified atom stereocenters. The van der Waals surface area contributed by atoms with Gasteiger partial charge in [-0.15, -0.1) is 11.3 Å². The van der Waals surface area contributed by atoms with E-state index in [1.807, 2.05) is 11.3 Å². The summed E-state index contributed by atoms with van der Waals surface area (Å²) in [7, 11) is 0. The van der Waals surface area contributed by atoms with Crippen LogP contribution in [-0.2, 0) is 19.3 Å². The highest BCUT2D eigenvalue weighted by atomic mass is 32.1. The minimum absolute atomic E-state index is 0.649. The Labute approximate surface area is 113 Å². The van der Waals surface area contributed by atoms with Gasteiger partial charge in [0.25, 0.3) is 0 Å². The highest BCUT2D eigenvalue weighted by molar-refractivity contribution is 7.09. The molecular weight excluding hydrogens is 238 g/mol. The molecule has 1 aromatic heterocycles. The third kappa shape index (κ3) is 2.35. The molecule has 3 rings (SSSR count). The van der Waals surface area contributed by atoms with Crippen LogP contribution in [0.25, 0.3) is 0 Å². The standard InChI is InChI=1S/C16H19NS/c1-2-5-15-11-18-16(17-15)14-9-8-12-6-3-4-7-13(12)10-14/h3-4,6-7,11,14H,2,5,8-10H2,1H3. The van der Waals surface area contributed by atoms with Crippen molar-refractivity contribution in [3.05, 3.63) is 51.5 Å². The summed E-state index contributed by atoms with van der Waals surface area (Å²) in [6.45, 7) is 2.22. The molecule has 0 amide bonds. The van der Waals surface area contributed by atoms with E-state index in [9.17, 15) is 0 Å². The summed E-state index contributed by atoms with van der Waals surface area (Å²) in [6, 6.07) is 8.87. The second kappa shape index (κ2) is 5.23. The van der Waals surface area contributed by atoms with Gasteiger partial charge >= 0.3 is 0 Å². The van der Waals surface area contributed by atoms with Gasteiger partial charge < -0.3 is 0 Å². The van der Waals surface area contributed by atoms with Crippen LogP contribution in [0.3, 0.4) is 0 Å². The van der Waals surface area contributed by atoms with Crippen LogP contribution in [-0.4, -0.2) is 4.98 Å². The van der Waals surface area contributed by atoms with E-state index < -0.39 is 0 Å². The Morgan fingerprint density at radius 1 is 1.28 bits per heavy atom. The van der Waals surface area contributed by atoms with Crippen LogP contribution in [0.5, 0.6) is 0 Å². The van der Waals surface area contributed by atoms with Gasteiger partial charge in [-0.2, -0.15) is 0 Å². The molecule has 0 N–H and O–H groups in total. The minimum atomic E-state index is 0.649. The van der Waals surface area contributed by atoms with E-state index in [4.69, 9.17) is 4.98 Å². The lowest BCUT2D eigenvalue weighted by molar-refractivity contribution is 0.580. The van der Waals surface area contributed by atoms with Crippen LogP contribution in [0.2, 0.25) is 0 Å². The second-order valence-electron chi connectivity index (χ2n) is 5.14. The molecule has 1 heterocycles. The zero-order valence-corrected chi connectivity index (χ0v) is 11.7. The van der Waals surface area contributed by atoms with Gasteiger partial charge in [-0.1, -0.05) is 37.6 Å². The largest absolute Gasteiger partial charge is 0.246 e. The van der Waals surface area contributed by atoms with Crippen molar-refractivity contribution in [3.8, 4) is 0 Å². The Balaban J connectivity index is 1.78. The van der Waals surface area contributed by atoms with E-state index in [-0.39, 0.29) is 0 Å². The topological polar surface area (TPSA) is 12.9 Å². The van der Waals surface area contributed by atoms with Crippen LogP contribution in [0, 0.1) is 0 Å². The summed E-state index contributed by atoms with van der Waals surface area (Å²) in [5.74, 6) is 0.649. The van der Waals surface area contributed by atoms with Crippen LogP contribution in [0.1, 0.15) is 47.5 Å². The maximum atomic E-state index is 4.82. The molecule has 0 saturated carbocycles. The highest BCUT2D eigenvalue weighted by Gasteiger charge is 2.22. The van der Waals surface area contributed by atoms with Crippen molar-refractivity contribution in [1.82, 2.24) is 4.98 Å². The Morgan fingerprint density at radius 3 is 2.94 bits per heavy atom. The van der Waals surface area contributed by atoms with E-state index in [1.165, 1.54) is 41.9 Å². The first kappa shape index (κ1) is 11.9. The fourth-order valence-corrected chi connectivity index (χ4v) is 3.78. The fraction of sp³-hybridized carbons (Fsp3) is 0.438. The molecule has 18 heavy (non-hydrogen) atoms. The third-order valence-electron chi connectivity index (χ3n) is 3.77. The van der Waals surface area contributed by atoms with E-state index in [2.05, 4.69) is 36.6 Å². The molecule has 1 aliphatic carbocycles. The van der Waals surface area contributed by atoms with Crippen LogP contribution >= 0.6 is 11.3 Å². The summed E-state index contributed by atoms with van der Waals surface area (Å²) in [5.41, 5.74) is 4.36. The summed E-state index contributed by atoms with van der Waals surface area (Å²) >= 11 is 1.86. The van der Waals surface area contributed by atoms with Crippen molar-refractivity contribution in [2.45, 2.75) is 44.9 Å². The number of benzene rings is 1. The SMILES string of the molecule is CCCc1csc(C2CCc3ccccc3C2)n1. The highest BCUT2D eigenvalue weighted by Crippen LogP contribution is 2.34. The zero-order chi connectivity index (χ0) is 12.4. The molecule has 0 saturated heterocycles. The molecule has 0 radical (unpaired) electrons. The van der Waals surface area contributed by atoms with Gasteiger partial charge in [0.15, 0.2) is 0 Å². The Bertz CT molecular complexity index is 529. The van der Waals surface area contributed by atoms with E-state index in [0.29, 0.717) is 5.92 Å². The lowest BCUT2D eigenvalue weighted by Crippen LogP contribution is -2.12. The summed E-state index contributed by atoms with van der Waals surface area (Å²) in [5, 5.41) is 3.60. The van der Waals surface area contributed by atoms with E-state index in [0.717, 1.165) is 6.42 Å². The maximum Gasteiger partial charge on any atom is 0.0962 e. The minimum Gasteiger partial charge on any atom is -0.246 e. The van der Waals surface area contributed by atoms with Crippen molar-refractivity contribution in [1.29, 1.82) is 0 Å². The summed E-state index contributed by atoms with van der Waals surface area (Å²) in [4.78, 5) is 4.82. The van der Waals surface area contributed by atoms with Gasteiger partial charge in [0.2, 0.25) is 0 Å². The first-order valence-electron chi connectivity index (χ1n) is 6.88. The maximum absolute atomic E-state index is 4.82. The van der Waals surface area contributed by atoms with Gasteiger partial charge in [-0.05, 0) is 36.8 Å². The second-order valence-corrected chi connectivity index (χ2v) is 6.03. The molecule has 0 spiro atoms. The van der Waals surface area contributed by atoms with Crippen molar-refractivity contribution in [3.63, 3.8) is 0 Å². The van der Waals surface area contributed by atoms with Crippen molar-refractivity contribution < 1.29 is 0 Å². The molecule has 1 atom stereocenters. The predicted molar refractivity (Wildman–Crippen MR) is 77.3 cm³/mol. The fourth-order valence-electron chi connectivity index (χ4n) is 2.79. The van der Waals surface area contributed by atoms with Gasteiger partial charge in [0.05, 0.1) is 10.7 Å². The third-order valence-corrected chi connectivity index (χ3v) is 4.83. The molecule has 0 bridgehead atoms. The van der Waals surface area contributed by atoms with E-state index >= 15 is 0 Å². The molecule has 1 nitrogen and oxygen atoms in total. The number of aromatic nitrogens is 1. The quantitative estimate of drug-likeness (QED) is 0.795. The van der Waals surface area contributed by atoms with Gasteiger partial charge in [0.1, 0.15) is 0 Å². The average Bonchev–Trinajstić information content (AvgIpc) is 2.87. The molecule has 2 heteroatoms. The number of thiazole rings is 1. The first-order chi connectivity index (χ1) is 8.86. The number of rotatable bonds is 3. The predicted octanol–water partition coefficient (Wildman–Crippen LogP) is 4.37. The molecular formula is C16H19NS. The van der Waals surface area contributed by atoms with Crippen LogP contribution in [0.4, 0.5) is 0 Å². The molecule has 0 fully saturated rings. The summed E-state index contributed by atoms with van der Waals surface area (Å²) < 4.78 is 0. The Morgan fingerprint density at radius 2 is 2.11 bits per heavy atom. The average molecular weight is 257 g/mol. The van der Waals surface area contributed by atoms with Gasteiger partial charge in [0, 0.05) is 11.3 Å². The van der Waals surface area contributed by atoms with Crippen molar-refractivity contribution >= 4 is 11.3 Å². The molecule has 1 aromatic carbocycles. The van der Waals surface area contributed by atoms with Crippen LogP contribution in [0.15, 0.2) is 29.6 Å². The zero-order valence-electron chi connectivity index (χ0n) is 10.9. The van der Waals surface area contributed by atoms with Gasteiger partial charge in [-0.25, -0.2) is 4.98 Å². The molecule has 1 aliphatic rings. The molecule has 94 valence electrons. The number of hydrogen-bond donors (Lipinski definition) is 0. The first-order valence-corrected chi connectivity index (χ1v) is 7.76. The number of nitrogens with zero attached hydrogens (tertiary/aromatic N) is 1. The molecule has 0 aliphatic heterocycles. The van der Waals surface area contributed by atoms with Crippen LogP contribution < -0.4 is 0 Å². The molecule has 2 aromatic rings. The monoisotopic (exact) mass is 257 g/mol. The lowest BCUT2D eigenvalue weighted by Gasteiger charge is -2.22. The van der Waals surface area contributed by atoms with Crippen molar-refractivity contribution in [2.24, 2.45) is 0 Å². The lowest BCUT2D eigenvalue weighted by atomic mass is 9.84. The Hall–Kier alpha value is -1.15. The summed E-state index contributed by atoms with van der Waals surface area (Å²) in [6.07, 6.45) is 5.96.